The lowest BCUT2D eigenvalue weighted by molar-refractivity contribution is -0.146. The summed E-state index contributed by atoms with van der Waals surface area (Å²) >= 11 is 0. The van der Waals surface area contributed by atoms with Crippen LogP contribution in [0.25, 0.3) is 0 Å². The van der Waals surface area contributed by atoms with E-state index in [0.29, 0.717) is 13.0 Å². The molecule has 0 saturated carbocycles. The molecule has 0 aliphatic heterocycles. The van der Waals surface area contributed by atoms with Gasteiger partial charge in [0.05, 0.1) is 71.5 Å². The minimum absolute atomic E-state index is 0.00714. The molecule has 0 rings (SSSR count). The summed E-state index contributed by atoms with van der Waals surface area (Å²) < 4.78 is 0. The molecule has 0 unspecified atom stereocenters. The van der Waals surface area contributed by atoms with Crippen molar-refractivity contribution in [2.24, 2.45) is 11.8 Å². The summed E-state index contributed by atoms with van der Waals surface area (Å²) in [6.07, 6.45) is 0.874. The summed E-state index contributed by atoms with van der Waals surface area (Å²) in [7, 11) is 16.6. The smallest absolute Gasteiger partial charge is 0.242 e. The fourth-order valence-corrected chi connectivity index (χ4v) is 8.28. The number of Topliss-reactive ketones (excluding diaryl/α,β-unsaturated/α-hetero) is 1. The van der Waals surface area contributed by atoms with Crippen molar-refractivity contribution in [3.05, 3.63) is 0 Å². The number of amides is 13. The highest BCUT2D eigenvalue weighted by Gasteiger charge is 2.27. The molecule has 0 aliphatic rings. The van der Waals surface area contributed by atoms with E-state index in [2.05, 4.69) is 16.0 Å². The van der Waals surface area contributed by atoms with Crippen molar-refractivity contribution in [2.45, 2.75) is 59.9 Å². The van der Waals surface area contributed by atoms with E-state index in [-0.39, 0.29) is 61.9 Å². The Balaban J connectivity index is 4.76. The summed E-state index contributed by atoms with van der Waals surface area (Å²) in [6, 6.07) is -0.740. The van der Waals surface area contributed by atoms with Gasteiger partial charge in [0.15, 0.2) is 5.78 Å². The van der Waals surface area contributed by atoms with Gasteiger partial charge in [0.2, 0.25) is 76.8 Å². The first-order chi connectivity index (χ1) is 36.2. The van der Waals surface area contributed by atoms with Crippen molar-refractivity contribution in [1.29, 1.82) is 0 Å². The monoisotopic (exact) mass is 1140 g/mol. The Bertz CT molecular complexity index is 2130. The van der Waals surface area contributed by atoms with Gasteiger partial charge in [0.1, 0.15) is 0 Å². The number of carbonyl (C=O) groups excluding carboxylic acids is 14. The fraction of sp³-hybridized carbons (Fsp3) is 0.714. The van der Waals surface area contributed by atoms with Gasteiger partial charge in [-0.15, -0.1) is 0 Å². The summed E-state index contributed by atoms with van der Waals surface area (Å²) in [5.41, 5.74) is 0. The quantitative estimate of drug-likeness (QED) is 0.0415. The van der Waals surface area contributed by atoms with Crippen molar-refractivity contribution in [1.82, 2.24) is 64.9 Å². The molecule has 0 saturated heterocycles. The second-order valence-corrected chi connectivity index (χ2v) is 22.3. The molecule has 78 heavy (non-hydrogen) atoms. The standard InChI is InChI=1S/C49H85N13O14S2/c1-33(2)48(75)35(5)52-37(64)23-53(6)39(66)25-55(8)41(68)27-57(10)43(70)29-59(12)45(72)31-61(14)47(74)32-62(15)46(73)30-60(13)44(71)28-58(11)42(69)26-56(9)40(67)24-54(7)38(65)18-19-50-36(63)17-16-21-77-78-22-20-51-49(76)34(3)4/h33-35H,16-32H2,1-15H3,(H,50,63)(H,51,76)(H,52,64)/t35-/m0/s1. The van der Waals surface area contributed by atoms with Crippen LogP contribution >= 0.6 is 21.6 Å². The number of nitrogens with zero attached hydrogens (tertiary/aromatic N) is 10. The van der Waals surface area contributed by atoms with Crippen molar-refractivity contribution in [3.63, 3.8) is 0 Å². The predicted octanol–water partition coefficient (Wildman–Crippen LogP) is -3.26. The highest BCUT2D eigenvalue weighted by atomic mass is 33.1. The fourth-order valence-electron chi connectivity index (χ4n) is 6.29. The number of carbonyl (C=O) groups is 14. The Morgan fingerprint density at radius 2 is 0.628 bits per heavy atom. The van der Waals surface area contributed by atoms with Gasteiger partial charge in [-0.25, -0.2) is 0 Å². The predicted molar refractivity (Wildman–Crippen MR) is 293 cm³/mol. The molecule has 0 fully saturated rings. The molecule has 0 bridgehead atoms. The maximum Gasteiger partial charge on any atom is 0.242 e. The first kappa shape index (κ1) is 71.5. The molecule has 0 aliphatic carbocycles. The Morgan fingerprint density at radius 1 is 0.333 bits per heavy atom. The van der Waals surface area contributed by atoms with Gasteiger partial charge in [0.25, 0.3) is 0 Å². The maximum atomic E-state index is 13.0. The van der Waals surface area contributed by atoms with Crippen molar-refractivity contribution in [2.75, 3.05) is 161 Å². The molecule has 0 aromatic heterocycles. The number of likely N-dealkylation sites (N-methyl/N-ethyl adjacent to an activating group) is 10. The second-order valence-electron chi connectivity index (χ2n) is 19.6. The molecule has 29 heteroatoms. The highest BCUT2D eigenvalue weighted by molar-refractivity contribution is 8.76. The third kappa shape index (κ3) is 28.7. The molecule has 0 aromatic rings. The van der Waals surface area contributed by atoms with E-state index in [9.17, 15) is 67.1 Å². The van der Waals surface area contributed by atoms with Crippen LogP contribution in [0.3, 0.4) is 0 Å². The zero-order chi connectivity index (χ0) is 60.1. The Hall–Kier alpha value is -6.52. The van der Waals surface area contributed by atoms with E-state index < -0.39 is 123 Å². The van der Waals surface area contributed by atoms with E-state index in [1.165, 1.54) is 75.4 Å². The van der Waals surface area contributed by atoms with Crippen LogP contribution in [-0.4, -0.2) is 298 Å². The van der Waals surface area contributed by atoms with E-state index in [1.54, 1.807) is 42.4 Å². The molecule has 3 N–H and O–H groups in total. The Morgan fingerprint density at radius 3 is 0.936 bits per heavy atom. The first-order valence-electron chi connectivity index (χ1n) is 25.2. The van der Waals surface area contributed by atoms with Crippen LogP contribution in [0.5, 0.6) is 0 Å². The lowest BCUT2D eigenvalue weighted by Crippen LogP contribution is -2.49. The minimum Gasteiger partial charge on any atom is -0.356 e. The van der Waals surface area contributed by atoms with Crippen LogP contribution in [0.1, 0.15) is 53.9 Å². The van der Waals surface area contributed by atoms with E-state index in [0.717, 1.165) is 55.6 Å². The molecular weight excluding hydrogens is 1060 g/mol. The van der Waals surface area contributed by atoms with Gasteiger partial charge in [-0.1, -0.05) is 49.3 Å². The third-order valence-corrected chi connectivity index (χ3v) is 14.2. The van der Waals surface area contributed by atoms with Crippen molar-refractivity contribution >= 4 is 104 Å². The van der Waals surface area contributed by atoms with Crippen molar-refractivity contribution < 1.29 is 67.1 Å². The van der Waals surface area contributed by atoms with Crippen LogP contribution in [0.4, 0.5) is 0 Å². The van der Waals surface area contributed by atoms with Crippen LogP contribution in [0.2, 0.25) is 0 Å². The average Bonchev–Trinajstić information content (AvgIpc) is 3.35. The summed E-state index contributed by atoms with van der Waals surface area (Å²) in [6.45, 7) is 4.96. The number of nitrogens with one attached hydrogen (secondary N) is 3. The SMILES string of the molecule is CC(C)C(=O)NCCSSCCCC(=O)NCCC(=O)N(C)CC(=O)N(C)CC(=O)N(C)CC(=O)N(C)CC(=O)N(C)CC(=O)N(C)CC(=O)N(C)CC(=O)N(C)CC(=O)N(C)CC(=O)N(C)CC(=O)N[C@@H](C)C(=O)C(C)C. The van der Waals surface area contributed by atoms with Crippen LogP contribution < -0.4 is 16.0 Å². The summed E-state index contributed by atoms with van der Waals surface area (Å²) in [5, 5.41) is 8.07. The maximum absolute atomic E-state index is 13.0. The lowest BCUT2D eigenvalue weighted by Gasteiger charge is -2.27. The molecule has 0 heterocycles. The largest absolute Gasteiger partial charge is 0.356 e. The number of hydrogen-bond acceptors (Lipinski definition) is 16. The van der Waals surface area contributed by atoms with Crippen LogP contribution in [-0.2, 0) is 67.1 Å². The number of hydrogen-bond donors (Lipinski definition) is 3. The number of ketones is 1. The molecule has 442 valence electrons. The minimum atomic E-state index is -0.740. The van der Waals surface area contributed by atoms with Gasteiger partial charge in [-0.3, -0.25) is 67.1 Å². The van der Waals surface area contributed by atoms with Crippen molar-refractivity contribution in [3.8, 4) is 0 Å². The molecule has 13 amide bonds. The zero-order valence-corrected chi connectivity index (χ0v) is 49.9. The zero-order valence-electron chi connectivity index (χ0n) is 48.3. The Kier molecular flexibility index (Phi) is 33.5. The summed E-state index contributed by atoms with van der Waals surface area (Å²) in [4.78, 5) is 188. The lowest BCUT2D eigenvalue weighted by atomic mass is 10.0. The van der Waals surface area contributed by atoms with Gasteiger partial charge < -0.3 is 64.9 Å². The molecule has 0 aromatic carbocycles. The molecular formula is C49H85N13O14S2. The Labute approximate surface area is 466 Å². The van der Waals surface area contributed by atoms with E-state index >= 15 is 0 Å². The average molecular weight is 1140 g/mol. The third-order valence-electron chi connectivity index (χ3n) is 11.7. The normalized spacial score (nSPS) is 11.1. The second kappa shape index (κ2) is 36.6. The summed E-state index contributed by atoms with van der Waals surface area (Å²) in [5.74, 6) is -5.70. The molecule has 0 spiro atoms. The van der Waals surface area contributed by atoms with Gasteiger partial charge >= 0.3 is 0 Å². The van der Waals surface area contributed by atoms with Gasteiger partial charge in [-0.2, -0.15) is 0 Å². The highest BCUT2D eigenvalue weighted by Crippen LogP contribution is 2.21. The van der Waals surface area contributed by atoms with E-state index in [4.69, 9.17) is 0 Å². The first-order valence-corrected chi connectivity index (χ1v) is 27.7. The van der Waals surface area contributed by atoms with Gasteiger partial charge in [-0.05, 0) is 13.3 Å². The van der Waals surface area contributed by atoms with Crippen LogP contribution in [0.15, 0.2) is 0 Å². The van der Waals surface area contributed by atoms with Gasteiger partial charge in [0, 0.05) is 120 Å². The molecule has 1 atom stereocenters. The number of rotatable bonds is 35. The topological polar surface area (TPSA) is 307 Å². The molecule has 0 radical (unpaired) electrons. The van der Waals surface area contributed by atoms with E-state index in [1.807, 2.05) is 13.8 Å². The van der Waals surface area contributed by atoms with Crippen LogP contribution in [0, 0.1) is 11.8 Å². The molecule has 27 nitrogen and oxygen atoms in total.